The number of rotatable bonds is 5. The van der Waals surface area contributed by atoms with Crippen LogP contribution < -0.4 is 15.1 Å². The summed E-state index contributed by atoms with van der Waals surface area (Å²) in [6.45, 7) is 3.02. The van der Waals surface area contributed by atoms with E-state index < -0.39 is 0 Å². The summed E-state index contributed by atoms with van der Waals surface area (Å²) in [5.41, 5.74) is 1.28. The molecule has 1 aliphatic heterocycles. The van der Waals surface area contributed by atoms with Gasteiger partial charge in [0, 0.05) is 11.8 Å². The van der Waals surface area contributed by atoms with Crippen LogP contribution in [0.2, 0.25) is 0 Å². The van der Waals surface area contributed by atoms with Crippen LogP contribution in [-0.2, 0) is 4.79 Å². The smallest absolute Gasteiger partial charge is 0.292 e. The normalized spacial score (nSPS) is 14.9. The van der Waals surface area contributed by atoms with Crippen molar-refractivity contribution in [1.29, 1.82) is 0 Å². The summed E-state index contributed by atoms with van der Waals surface area (Å²) in [6, 6.07) is 12.3. The Kier molecular flexibility index (Phi) is 5.43. The lowest BCUT2D eigenvalue weighted by atomic mass is 10.2. The fourth-order valence-electron chi connectivity index (χ4n) is 3.09. The molecule has 0 radical (unpaired) electrons. The molecule has 26 heavy (non-hydrogen) atoms. The Morgan fingerprint density at radius 2 is 1.81 bits per heavy atom. The molecule has 1 heterocycles. The van der Waals surface area contributed by atoms with Gasteiger partial charge < -0.3 is 15.1 Å². The molecular weight excluding hydrogens is 339 g/mol. The molecule has 1 amide bonds. The van der Waals surface area contributed by atoms with Crippen molar-refractivity contribution < 1.29 is 19.0 Å². The van der Waals surface area contributed by atoms with E-state index in [2.05, 4.69) is 5.32 Å². The van der Waals surface area contributed by atoms with E-state index in [0.29, 0.717) is 44.1 Å². The number of hydrogen-bond acceptors (Lipinski definition) is 4. The van der Waals surface area contributed by atoms with Gasteiger partial charge in [0.2, 0.25) is 0 Å². The van der Waals surface area contributed by atoms with E-state index >= 15 is 0 Å². The van der Waals surface area contributed by atoms with Gasteiger partial charge in [-0.05, 0) is 30.3 Å². The van der Waals surface area contributed by atoms with E-state index in [1.807, 2.05) is 4.90 Å². The number of piperazine rings is 1. The van der Waals surface area contributed by atoms with E-state index in [9.17, 15) is 19.3 Å². The molecule has 0 unspecified atom stereocenters. The lowest BCUT2D eigenvalue weighted by Gasteiger charge is -2.33. The zero-order valence-corrected chi connectivity index (χ0v) is 14.2. The molecule has 0 bridgehead atoms. The van der Waals surface area contributed by atoms with Crippen LogP contribution in [0.1, 0.15) is 0 Å². The molecule has 0 aromatic heterocycles. The Hall–Kier alpha value is -3.00. The van der Waals surface area contributed by atoms with Gasteiger partial charge in [0.05, 0.1) is 31.1 Å². The minimum atomic E-state index is -0.370. The molecule has 136 valence electrons. The maximum Gasteiger partial charge on any atom is 0.292 e. The Morgan fingerprint density at radius 1 is 1.15 bits per heavy atom. The first-order chi connectivity index (χ1) is 12.5. The summed E-state index contributed by atoms with van der Waals surface area (Å²) >= 11 is 0. The zero-order chi connectivity index (χ0) is 18.5. The lowest BCUT2D eigenvalue weighted by Crippen LogP contribution is -3.15. The Bertz CT molecular complexity index is 789. The number of halogens is 1. The molecule has 2 N–H and O–H groups in total. The number of nitro groups is 1. The van der Waals surface area contributed by atoms with Crippen molar-refractivity contribution in [2.45, 2.75) is 0 Å². The molecule has 1 saturated heterocycles. The molecule has 2 aromatic carbocycles. The number of carbonyl (C=O) groups is 1. The third-order valence-corrected chi connectivity index (χ3v) is 4.43. The average Bonchev–Trinajstić information content (AvgIpc) is 2.64. The maximum atomic E-state index is 12.9. The molecule has 0 atom stereocenters. The van der Waals surface area contributed by atoms with Crippen LogP contribution >= 0.6 is 0 Å². The zero-order valence-electron chi connectivity index (χ0n) is 14.2. The summed E-state index contributed by atoms with van der Waals surface area (Å²) < 4.78 is 12.9. The number of anilines is 2. The van der Waals surface area contributed by atoms with Gasteiger partial charge in [0.15, 0.2) is 6.54 Å². The van der Waals surface area contributed by atoms with Crippen LogP contribution in [0.5, 0.6) is 0 Å². The molecule has 2 aromatic rings. The number of para-hydroxylation sites is 2. The first-order valence-corrected chi connectivity index (χ1v) is 8.40. The van der Waals surface area contributed by atoms with Crippen molar-refractivity contribution in [3.05, 3.63) is 64.5 Å². The van der Waals surface area contributed by atoms with Crippen LogP contribution in [0.4, 0.5) is 21.5 Å². The van der Waals surface area contributed by atoms with Gasteiger partial charge in [0.25, 0.3) is 11.6 Å². The highest BCUT2D eigenvalue weighted by molar-refractivity contribution is 5.91. The number of amides is 1. The second kappa shape index (κ2) is 7.92. The van der Waals surface area contributed by atoms with Gasteiger partial charge in [-0.25, -0.2) is 4.39 Å². The Labute approximate surface area is 150 Å². The molecule has 0 spiro atoms. The first-order valence-electron chi connectivity index (χ1n) is 8.40. The fourth-order valence-corrected chi connectivity index (χ4v) is 3.09. The van der Waals surface area contributed by atoms with E-state index in [1.165, 1.54) is 30.3 Å². The topological polar surface area (TPSA) is 79.9 Å². The monoisotopic (exact) mass is 359 g/mol. The quantitative estimate of drug-likeness (QED) is 0.618. The summed E-state index contributed by atoms with van der Waals surface area (Å²) in [7, 11) is 0. The lowest BCUT2D eigenvalue weighted by molar-refractivity contribution is -0.892. The number of nitrogens with one attached hydrogen (secondary N) is 2. The molecule has 1 aliphatic rings. The molecule has 0 saturated carbocycles. The van der Waals surface area contributed by atoms with E-state index in [4.69, 9.17) is 0 Å². The number of nitro benzene ring substituents is 1. The molecule has 0 aliphatic carbocycles. The van der Waals surface area contributed by atoms with E-state index in [0.717, 1.165) is 4.90 Å². The van der Waals surface area contributed by atoms with Crippen LogP contribution in [-0.4, -0.2) is 43.6 Å². The van der Waals surface area contributed by atoms with Crippen molar-refractivity contribution in [2.75, 3.05) is 42.9 Å². The highest BCUT2D eigenvalue weighted by Gasteiger charge is 2.26. The second-order valence-corrected chi connectivity index (χ2v) is 6.21. The first kappa shape index (κ1) is 17.8. The number of hydrogen-bond donors (Lipinski definition) is 2. The molecule has 8 heteroatoms. The van der Waals surface area contributed by atoms with Crippen LogP contribution in [0.15, 0.2) is 48.5 Å². The SMILES string of the molecule is O=C(C[NH+]1CCN(c2ccccc2[N+](=O)[O-])CC1)Nc1ccc(F)cc1. The highest BCUT2D eigenvalue weighted by atomic mass is 19.1. The van der Waals surface area contributed by atoms with Crippen LogP contribution in [0.3, 0.4) is 0 Å². The highest BCUT2D eigenvalue weighted by Crippen LogP contribution is 2.27. The van der Waals surface area contributed by atoms with E-state index in [1.54, 1.807) is 18.2 Å². The fraction of sp³-hybridized carbons (Fsp3) is 0.278. The van der Waals surface area contributed by atoms with Gasteiger partial charge >= 0.3 is 0 Å². The van der Waals surface area contributed by atoms with Gasteiger partial charge in [-0.1, -0.05) is 12.1 Å². The predicted molar refractivity (Wildman–Crippen MR) is 95.9 cm³/mol. The predicted octanol–water partition coefficient (Wildman–Crippen LogP) is 1.08. The Morgan fingerprint density at radius 3 is 2.46 bits per heavy atom. The van der Waals surface area contributed by atoms with Crippen molar-refractivity contribution in [3.8, 4) is 0 Å². The number of carbonyl (C=O) groups excluding carboxylic acids is 1. The van der Waals surface area contributed by atoms with Crippen molar-refractivity contribution in [2.24, 2.45) is 0 Å². The molecule has 1 fully saturated rings. The largest absolute Gasteiger partial charge is 0.355 e. The number of quaternary nitrogens is 1. The summed E-state index contributed by atoms with van der Waals surface area (Å²) in [5.74, 6) is -0.481. The number of benzene rings is 2. The van der Waals surface area contributed by atoms with Gasteiger partial charge in [-0.15, -0.1) is 0 Å². The van der Waals surface area contributed by atoms with Gasteiger partial charge in [0.1, 0.15) is 11.5 Å². The summed E-state index contributed by atoms with van der Waals surface area (Å²) in [5, 5.41) is 13.9. The van der Waals surface area contributed by atoms with Crippen molar-refractivity contribution >= 4 is 23.0 Å². The molecule has 7 nitrogen and oxygen atoms in total. The third kappa shape index (κ3) is 4.34. The minimum absolute atomic E-state index is 0.102. The summed E-state index contributed by atoms with van der Waals surface area (Å²) in [4.78, 5) is 26.0. The van der Waals surface area contributed by atoms with Crippen LogP contribution in [0, 0.1) is 15.9 Å². The second-order valence-electron chi connectivity index (χ2n) is 6.21. The van der Waals surface area contributed by atoms with Crippen molar-refractivity contribution in [3.63, 3.8) is 0 Å². The van der Waals surface area contributed by atoms with E-state index in [-0.39, 0.29) is 22.3 Å². The number of nitrogens with zero attached hydrogens (tertiary/aromatic N) is 2. The molecular formula is C18H20FN4O3+. The van der Waals surface area contributed by atoms with Crippen molar-refractivity contribution in [1.82, 2.24) is 0 Å². The molecule has 3 rings (SSSR count). The minimum Gasteiger partial charge on any atom is -0.355 e. The standard InChI is InChI=1S/C18H19FN4O3/c19-14-5-7-15(8-6-14)20-18(24)13-21-9-11-22(12-10-21)16-3-1-2-4-17(16)23(25)26/h1-8H,9-13H2,(H,20,24)/p+1. The van der Waals surface area contributed by atoms with Crippen LogP contribution in [0.25, 0.3) is 0 Å². The van der Waals surface area contributed by atoms with Gasteiger partial charge in [-0.2, -0.15) is 0 Å². The third-order valence-electron chi connectivity index (χ3n) is 4.43. The maximum absolute atomic E-state index is 12.9. The summed E-state index contributed by atoms with van der Waals surface area (Å²) in [6.07, 6.45) is 0. The van der Waals surface area contributed by atoms with Gasteiger partial charge in [-0.3, -0.25) is 14.9 Å². The average molecular weight is 359 g/mol. The Balaban J connectivity index is 1.53.